The Labute approximate surface area is 126 Å². The third kappa shape index (κ3) is 4.74. The molecule has 2 atom stereocenters. The first-order valence-corrected chi connectivity index (χ1v) is 7.69. The molecule has 0 aliphatic heterocycles. The van der Waals surface area contributed by atoms with Gasteiger partial charge in [-0.25, -0.2) is 0 Å². The largest absolute Gasteiger partial charge is 0.508 e. The van der Waals surface area contributed by atoms with Gasteiger partial charge in [0, 0.05) is 13.6 Å². The van der Waals surface area contributed by atoms with Gasteiger partial charge in [0.15, 0.2) is 0 Å². The van der Waals surface area contributed by atoms with Crippen LogP contribution in [0.15, 0.2) is 24.3 Å². The molecule has 0 spiro atoms. The summed E-state index contributed by atoms with van der Waals surface area (Å²) in [6, 6.07) is 6.98. The summed E-state index contributed by atoms with van der Waals surface area (Å²) in [5.41, 5.74) is 0.914. The third-order valence-corrected chi connectivity index (χ3v) is 4.21. The van der Waals surface area contributed by atoms with Gasteiger partial charge in [-0.1, -0.05) is 31.9 Å². The lowest BCUT2D eigenvalue weighted by atomic mass is 9.88. The molecule has 1 aromatic rings. The van der Waals surface area contributed by atoms with E-state index >= 15 is 0 Å². The van der Waals surface area contributed by atoms with Crippen molar-refractivity contribution >= 4 is 5.91 Å². The van der Waals surface area contributed by atoms with Crippen LogP contribution in [-0.2, 0) is 16.1 Å². The van der Waals surface area contributed by atoms with E-state index in [2.05, 4.69) is 6.92 Å². The molecule has 1 N–H and O–H groups in total. The zero-order valence-corrected chi connectivity index (χ0v) is 12.9. The normalized spacial score (nSPS) is 22.0. The van der Waals surface area contributed by atoms with Crippen LogP contribution in [0.5, 0.6) is 5.75 Å². The fourth-order valence-electron chi connectivity index (χ4n) is 2.84. The van der Waals surface area contributed by atoms with E-state index in [0.29, 0.717) is 12.5 Å². The summed E-state index contributed by atoms with van der Waals surface area (Å²) >= 11 is 0. The maximum atomic E-state index is 12.1. The number of rotatable bonds is 5. The van der Waals surface area contributed by atoms with E-state index in [4.69, 9.17) is 4.74 Å². The van der Waals surface area contributed by atoms with E-state index in [1.807, 2.05) is 6.07 Å². The van der Waals surface area contributed by atoms with Crippen molar-refractivity contribution in [2.24, 2.45) is 5.92 Å². The van der Waals surface area contributed by atoms with Crippen molar-refractivity contribution < 1.29 is 14.6 Å². The first-order valence-electron chi connectivity index (χ1n) is 7.69. The summed E-state index contributed by atoms with van der Waals surface area (Å²) in [5.74, 6) is 0.750. The first-order chi connectivity index (χ1) is 10.1. The lowest BCUT2D eigenvalue weighted by molar-refractivity contribution is -0.139. The number of carbonyl (C=O) groups excluding carboxylic acids is 1. The minimum absolute atomic E-state index is 0.0175. The number of hydrogen-bond donors (Lipinski definition) is 1. The molecule has 4 nitrogen and oxygen atoms in total. The molecule has 1 amide bonds. The van der Waals surface area contributed by atoms with Crippen LogP contribution >= 0.6 is 0 Å². The minimum atomic E-state index is -0.0175. The second-order valence-electron chi connectivity index (χ2n) is 6.03. The highest BCUT2D eigenvalue weighted by Crippen LogP contribution is 2.26. The summed E-state index contributed by atoms with van der Waals surface area (Å²) < 4.78 is 5.80. The van der Waals surface area contributed by atoms with Crippen LogP contribution in [0.25, 0.3) is 0 Å². The topological polar surface area (TPSA) is 49.8 Å². The third-order valence-electron chi connectivity index (χ3n) is 4.21. The second kappa shape index (κ2) is 7.46. The maximum absolute atomic E-state index is 12.1. The number of aromatic hydroxyl groups is 1. The molecule has 0 aromatic heterocycles. The van der Waals surface area contributed by atoms with Crippen molar-refractivity contribution in [2.75, 3.05) is 13.7 Å². The molecule has 116 valence electrons. The van der Waals surface area contributed by atoms with E-state index in [9.17, 15) is 9.90 Å². The molecular formula is C17H25NO3. The lowest BCUT2D eigenvalue weighted by Gasteiger charge is -2.29. The number of nitrogens with zero attached hydrogens (tertiary/aromatic N) is 1. The zero-order chi connectivity index (χ0) is 15.2. The molecule has 1 saturated carbocycles. The van der Waals surface area contributed by atoms with Crippen molar-refractivity contribution in [1.82, 2.24) is 4.90 Å². The Bertz CT molecular complexity index is 475. The van der Waals surface area contributed by atoms with E-state index < -0.39 is 0 Å². The lowest BCUT2D eigenvalue weighted by Crippen LogP contribution is -2.34. The maximum Gasteiger partial charge on any atom is 0.248 e. The Morgan fingerprint density at radius 2 is 2.14 bits per heavy atom. The molecular weight excluding hydrogens is 266 g/mol. The molecule has 1 aliphatic rings. The molecule has 1 fully saturated rings. The molecule has 4 heteroatoms. The molecule has 0 bridgehead atoms. The van der Waals surface area contributed by atoms with Gasteiger partial charge >= 0.3 is 0 Å². The van der Waals surface area contributed by atoms with Gasteiger partial charge in [0.2, 0.25) is 5.91 Å². The number of hydrogen-bond acceptors (Lipinski definition) is 3. The highest BCUT2D eigenvalue weighted by Gasteiger charge is 2.23. The van der Waals surface area contributed by atoms with Gasteiger partial charge in [-0.05, 0) is 36.5 Å². The quantitative estimate of drug-likeness (QED) is 0.907. The van der Waals surface area contributed by atoms with Crippen LogP contribution in [0.3, 0.4) is 0 Å². The minimum Gasteiger partial charge on any atom is -0.508 e. The number of carbonyl (C=O) groups is 1. The van der Waals surface area contributed by atoms with Crippen LogP contribution in [0.2, 0.25) is 0 Å². The van der Waals surface area contributed by atoms with Crippen LogP contribution in [0.4, 0.5) is 0 Å². The van der Waals surface area contributed by atoms with E-state index in [0.717, 1.165) is 12.0 Å². The van der Waals surface area contributed by atoms with E-state index in [-0.39, 0.29) is 24.4 Å². The molecule has 0 heterocycles. The van der Waals surface area contributed by atoms with Crippen molar-refractivity contribution in [1.29, 1.82) is 0 Å². The highest BCUT2D eigenvalue weighted by atomic mass is 16.5. The molecule has 1 aliphatic carbocycles. The Morgan fingerprint density at radius 3 is 2.86 bits per heavy atom. The Morgan fingerprint density at radius 1 is 1.38 bits per heavy atom. The van der Waals surface area contributed by atoms with Gasteiger partial charge < -0.3 is 14.7 Å². The van der Waals surface area contributed by atoms with E-state index in [1.165, 1.54) is 19.3 Å². The van der Waals surface area contributed by atoms with Gasteiger partial charge in [0.25, 0.3) is 0 Å². The number of ether oxygens (including phenoxy) is 1. The van der Waals surface area contributed by atoms with Gasteiger partial charge in [-0.15, -0.1) is 0 Å². The second-order valence-corrected chi connectivity index (χ2v) is 6.03. The van der Waals surface area contributed by atoms with Crippen LogP contribution in [-0.4, -0.2) is 35.7 Å². The Kier molecular flexibility index (Phi) is 5.62. The number of phenols is 1. The molecule has 0 saturated heterocycles. The summed E-state index contributed by atoms with van der Waals surface area (Å²) in [6.45, 7) is 2.83. The highest BCUT2D eigenvalue weighted by molar-refractivity contribution is 5.77. The number of amides is 1. The van der Waals surface area contributed by atoms with Crippen molar-refractivity contribution in [3.05, 3.63) is 29.8 Å². The van der Waals surface area contributed by atoms with Crippen LogP contribution in [0.1, 0.15) is 38.2 Å². The van der Waals surface area contributed by atoms with Gasteiger partial charge in [-0.3, -0.25) is 4.79 Å². The first kappa shape index (κ1) is 15.8. The molecule has 2 rings (SSSR count). The molecule has 0 radical (unpaired) electrons. The molecule has 21 heavy (non-hydrogen) atoms. The summed E-state index contributed by atoms with van der Waals surface area (Å²) in [7, 11) is 1.76. The standard InChI is InChI=1S/C17H25NO3/c1-13-6-3-4-9-16(13)21-12-17(20)18(2)11-14-7-5-8-15(19)10-14/h5,7-8,10,13,16,19H,3-4,6,9,11-12H2,1-2H3/t13-,16+/m0/s1. The number of benzene rings is 1. The summed E-state index contributed by atoms with van der Waals surface area (Å²) in [5, 5.41) is 9.44. The van der Waals surface area contributed by atoms with Gasteiger partial charge in [0.05, 0.1) is 6.10 Å². The average molecular weight is 291 g/mol. The summed E-state index contributed by atoms with van der Waals surface area (Å²) in [4.78, 5) is 13.8. The van der Waals surface area contributed by atoms with Crippen molar-refractivity contribution in [3.63, 3.8) is 0 Å². The monoisotopic (exact) mass is 291 g/mol. The zero-order valence-electron chi connectivity index (χ0n) is 12.9. The summed E-state index contributed by atoms with van der Waals surface area (Å²) in [6.07, 6.45) is 4.94. The Hall–Kier alpha value is -1.55. The van der Waals surface area contributed by atoms with Crippen LogP contribution < -0.4 is 0 Å². The van der Waals surface area contributed by atoms with Gasteiger partial charge in [-0.2, -0.15) is 0 Å². The molecule has 0 unspecified atom stereocenters. The number of likely N-dealkylation sites (N-methyl/N-ethyl adjacent to an activating group) is 1. The van der Waals surface area contributed by atoms with Crippen LogP contribution in [0, 0.1) is 5.92 Å². The Balaban J connectivity index is 1.79. The predicted molar refractivity (Wildman–Crippen MR) is 82.0 cm³/mol. The predicted octanol–water partition coefficient (Wildman–Crippen LogP) is 2.95. The van der Waals surface area contributed by atoms with Crippen molar-refractivity contribution in [3.8, 4) is 5.75 Å². The smallest absolute Gasteiger partial charge is 0.248 e. The molecule has 1 aromatic carbocycles. The average Bonchev–Trinajstić information content (AvgIpc) is 2.46. The van der Waals surface area contributed by atoms with E-state index in [1.54, 1.807) is 30.1 Å². The number of phenolic OH excluding ortho intramolecular Hbond substituents is 1. The fourth-order valence-corrected chi connectivity index (χ4v) is 2.84. The fraction of sp³-hybridized carbons (Fsp3) is 0.588. The SMILES string of the molecule is C[C@H]1CCCC[C@H]1OCC(=O)N(C)Cc1cccc(O)c1. The van der Waals surface area contributed by atoms with Gasteiger partial charge in [0.1, 0.15) is 12.4 Å². The van der Waals surface area contributed by atoms with Crippen molar-refractivity contribution in [2.45, 2.75) is 45.3 Å².